The summed E-state index contributed by atoms with van der Waals surface area (Å²) in [5.74, 6) is 0.238. The lowest BCUT2D eigenvalue weighted by Crippen LogP contribution is -2.13. The van der Waals surface area contributed by atoms with Gasteiger partial charge >= 0.3 is 0 Å². The summed E-state index contributed by atoms with van der Waals surface area (Å²) >= 11 is 0. The summed E-state index contributed by atoms with van der Waals surface area (Å²) in [6.45, 7) is 1.96. The molecule has 26 heavy (non-hydrogen) atoms. The van der Waals surface area contributed by atoms with E-state index in [4.69, 9.17) is 4.74 Å². The number of aryl methyl sites for hydroxylation is 1. The second kappa shape index (κ2) is 6.32. The van der Waals surface area contributed by atoms with Gasteiger partial charge in [-0.2, -0.15) is 0 Å². The van der Waals surface area contributed by atoms with Gasteiger partial charge in [-0.05, 0) is 37.3 Å². The Morgan fingerprint density at radius 3 is 2.69 bits per heavy atom. The molecule has 1 amide bonds. The van der Waals surface area contributed by atoms with Crippen LogP contribution in [-0.4, -0.2) is 37.2 Å². The Labute approximate surface area is 149 Å². The number of imidazole rings is 1. The number of ether oxygens (including phenoxy) is 1. The van der Waals surface area contributed by atoms with E-state index in [2.05, 4.69) is 20.5 Å². The maximum atomic E-state index is 12.7. The second-order valence-corrected chi connectivity index (χ2v) is 5.73. The first kappa shape index (κ1) is 15.8. The molecule has 8 nitrogen and oxygen atoms in total. The van der Waals surface area contributed by atoms with E-state index < -0.39 is 0 Å². The molecule has 0 saturated carbocycles. The average molecular weight is 348 g/mol. The Morgan fingerprint density at radius 2 is 1.96 bits per heavy atom. The van der Waals surface area contributed by atoms with E-state index >= 15 is 0 Å². The molecule has 3 heterocycles. The van der Waals surface area contributed by atoms with E-state index in [-0.39, 0.29) is 5.91 Å². The van der Waals surface area contributed by atoms with Crippen LogP contribution in [-0.2, 0) is 0 Å². The normalized spacial score (nSPS) is 10.8. The number of nitrogens with zero attached hydrogens (tertiary/aromatic N) is 5. The summed E-state index contributed by atoms with van der Waals surface area (Å²) in [6.07, 6.45) is 4.88. The minimum atomic E-state index is -0.313. The lowest BCUT2D eigenvalue weighted by Gasteiger charge is -2.11. The van der Waals surface area contributed by atoms with Crippen LogP contribution in [0.1, 0.15) is 16.2 Å². The van der Waals surface area contributed by atoms with Gasteiger partial charge in [0, 0.05) is 11.9 Å². The summed E-state index contributed by atoms with van der Waals surface area (Å²) in [7, 11) is 1.55. The van der Waals surface area contributed by atoms with Gasteiger partial charge in [0.15, 0.2) is 0 Å². The highest BCUT2D eigenvalue weighted by atomic mass is 16.5. The summed E-state index contributed by atoms with van der Waals surface area (Å²) in [6, 6.07) is 11.1. The Kier molecular flexibility index (Phi) is 3.85. The Bertz CT molecular complexity index is 1080. The molecule has 3 aromatic heterocycles. The van der Waals surface area contributed by atoms with Crippen molar-refractivity contribution < 1.29 is 9.53 Å². The van der Waals surface area contributed by atoms with Crippen molar-refractivity contribution in [1.82, 2.24) is 24.1 Å². The van der Waals surface area contributed by atoms with Gasteiger partial charge in [0.2, 0.25) is 0 Å². The fourth-order valence-electron chi connectivity index (χ4n) is 2.73. The molecule has 0 fully saturated rings. The average Bonchev–Trinajstić information content (AvgIpc) is 3.32. The summed E-state index contributed by atoms with van der Waals surface area (Å²) in [5.41, 5.74) is 3.40. The van der Waals surface area contributed by atoms with E-state index in [0.29, 0.717) is 17.1 Å². The molecule has 0 atom stereocenters. The zero-order valence-corrected chi connectivity index (χ0v) is 14.2. The van der Waals surface area contributed by atoms with Crippen molar-refractivity contribution in [3.63, 3.8) is 0 Å². The molecule has 4 rings (SSSR count). The number of aromatic nitrogens is 5. The highest BCUT2D eigenvalue weighted by molar-refractivity contribution is 6.04. The topological polar surface area (TPSA) is 86.3 Å². The number of carbonyl (C=O) groups is 1. The van der Waals surface area contributed by atoms with Crippen molar-refractivity contribution in [1.29, 1.82) is 0 Å². The Hall–Kier alpha value is -3.68. The highest BCUT2D eigenvalue weighted by Crippen LogP contribution is 2.27. The number of amides is 1. The predicted molar refractivity (Wildman–Crippen MR) is 95.8 cm³/mol. The van der Waals surface area contributed by atoms with Crippen LogP contribution < -0.4 is 10.1 Å². The predicted octanol–water partition coefficient (Wildman–Crippen LogP) is 2.48. The molecule has 0 saturated heterocycles. The molecule has 0 aliphatic rings. The molecule has 1 aromatic carbocycles. The monoisotopic (exact) mass is 348 g/mol. The smallest absolute Gasteiger partial charge is 0.275 e. The molecule has 1 N–H and O–H groups in total. The number of rotatable bonds is 4. The quantitative estimate of drug-likeness (QED) is 0.612. The van der Waals surface area contributed by atoms with Crippen LogP contribution in [0.15, 0.2) is 55.2 Å². The molecule has 0 bridgehead atoms. The Morgan fingerprint density at radius 1 is 1.15 bits per heavy atom. The third kappa shape index (κ3) is 2.77. The largest absolute Gasteiger partial charge is 0.495 e. The summed E-state index contributed by atoms with van der Waals surface area (Å²) in [4.78, 5) is 17.1. The van der Waals surface area contributed by atoms with E-state index in [1.54, 1.807) is 42.7 Å². The number of fused-ring (bicyclic) bond motifs is 1. The lowest BCUT2D eigenvalue weighted by atomic mass is 10.2. The third-order valence-electron chi connectivity index (χ3n) is 4.08. The van der Waals surface area contributed by atoms with Gasteiger partial charge in [-0.15, -0.1) is 10.2 Å². The van der Waals surface area contributed by atoms with Crippen molar-refractivity contribution in [2.45, 2.75) is 6.92 Å². The maximum absolute atomic E-state index is 12.7. The van der Waals surface area contributed by atoms with Gasteiger partial charge in [0.25, 0.3) is 5.91 Å². The lowest BCUT2D eigenvalue weighted by molar-refractivity contribution is 0.102. The number of anilines is 1. The fourth-order valence-corrected chi connectivity index (χ4v) is 2.73. The van der Waals surface area contributed by atoms with Crippen molar-refractivity contribution in [2.75, 3.05) is 12.4 Å². The number of hydrogen-bond donors (Lipinski definition) is 1. The van der Waals surface area contributed by atoms with Crippen LogP contribution in [0, 0.1) is 6.92 Å². The first-order valence-corrected chi connectivity index (χ1v) is 7.95. The highest BCUT2D eigenvalue weighted by Gasteiger charge is 2.15. The van der Waals surface area contributed by atoms with Crippen molar-refractivity contribution in [2.24, 2.45) is 0 Å². The van der Waals surface area contributed by atoms with Gasteiger partial charge < -0.3 is 14.5 Å². The van der Waals surface area contributed by atoms with E-state index in [1.807, 2.05) is 35.6 Å². The van der Waals surface area contributed by atoms with Gasteiger partial charge in [0.05, 0.1) is 18.5 Å². The van der Waals surface area contributed by atoms with E-state index in [9.17, 15) is 4.79 Å². The fraction of sp³-hybridized carbons (Fsp3) is 0.111. The van der Waals surface area contributed by atoms with Crippen LogP contribution in [0.3, 0.4) is 0 Å². The van der Waals surface area contributed by atoms with Gasteiger partial charge in [-0.1, -0.05) is 6.07 Å². The summed E-state index contributed by atoms with van der Waals surface area (Å²) < 4.78 is 8.97. The van der Waals surface area contributed by atoms with Crippen LogP contribution in [0.5, 0.6) is 5.75 Å². The molecular weight excluding hydrogens is 332 g/mol. The molecule has 0 spiro atoms. The number of carbonyl (C=O) groups excluding carboxylic acids is 1. The minimum Gasteiger partial charge on any atom is -0.495 e. The minimum absolute atomic E-state index is 0.313. The van der Waals surface area contributed by atoms with Crippen molar-refractivity contribution in [3.8, 4) is 11.4 Å². The zero-order valence-electron chi connectivity index (χ0n) is 14.2. The van der Waals surface area contributed by atoms with Crippen LogP contribution >= 0.6 is 0 Å². The molecule has 0 aliphatic carbocycles. The number of nitrogens with one attached hydrogen (secondary N) is 1. The molecule has 4 aromatic rings. The van der Waals surface area contributed by atoms with Gasteiger partial charge in [-0.25, -0.2) is 4.98 Å². The number of methoxy groups -OCH3 is 1. The van der Waals surface area contributed by atoms with Crippen LogP contribution in [0.4, 0.5) is 5.69 Å². The third-order valence-corrected chi connectivity index (χ3v) is 4.08. The standard InChI is InChI=1S/C18H16N6O2/c1-12-4-3-5-17-21-15(9-24(12)17)18(25)22-14-8-13(6-7-16(14)26-2)23-10-19-20-11-23/h3-11H,1-2H3,(H,22,25). The van der Waals surface area contributed by atoms with Crippen LogP contribution in [0.25, 0.3) is 11.3 Å². The number of hydrogen-bond acceptors (Lipinski definition) is 5. The van der Waals surface area contributed by atoms with Crippen molar-refractivity contribution >= 4 is 17.2 Å². The van der Waals surface area contributed by atoms with Gasteiger partial charge in [-0.3, -0.25) is 9.36 Å². The molecule has 0 unspecified atom stereocenters. The number of benzene rings is 1. The first-order chi connectivity index (χ1) is 12.7. The molecular formula is C18H16N6O2. The first-order valence-electron chi connectivity index (χ1n) is 7.95. The summed E-state index contributed by atoms with van der Waals surface area (Å²) in [5, 5.41) is 10.5. The van der Waals surface area contributed by atoms with E-state index in [1.165, 1.54) is 0 Å². The van der Waals surface area contributed by atoms with Crippen molar-refractivity contribution in [3.05, 3.63) is 66.6 Å². The maximum Gasteiger partial charge on any atom is 0.275 e. The zero-order chi connectivity index (χ0) is 18.1. The molecule has 0 radical (unpaired) electrons. The molecule has 8 heteroatoms. The molecule has 0 aliphatic heterocycles. The van der Waals surface area contributed by atoms with Gasteiger partial charge in [0.1, 0.15) is 29.7 Å². The Balaban J connectivity index is 1.67. The van der Waals surface area contributed by atoms with Crippen LogP contribution in [0.2, 0.25) is 0 Å². The SMILES string of the molecule is COc1ccc(-n2cnnc2)cc1NC(=O)c1cn2c(C)cccc2n1. The second-order valence-electron chi connectivity index (χ2n) is 5.73. The molecule has 130 valence electrons. The number of pyridine rings is 1. The van der Waals surface area contributed by atoms with E-state index in [0.717, 1.165) is 17.0 Å².